The summed E-state index contributed by atoms with van der Waals surface area (Å²) in [5, 5.41) is 0. The van der Waals surface area contributed by atoms with Crippen LogP contribution in [0.15, 0.2) is 0 Å². The summed E-state index contributed by atoms with van der Waals surface area (Å²) in [4.78, 5) is 25.3. The van der Waals surface area contributed by atoms with E-state index >= 15 is 0 Å². The molecule has 0 aliphatic rings. The predicted molar refractivity (Wildman–Crippen MR) is 73.1 cm³/mol. The minimum atomic E-state index is 0.0185. The first-order valence-electron chi connectivity index (χ1n) is 5.68. The Morgan fingerprint density at radius 2 is 0.941 bits per heavy atom. The molecule has 0 radical (unpaired) electrons. The zero-order valence-electron chi connectivity index (χ0n) is 12.9. The lowest BCUT2D eigenvalue weighted by atomic mass is 10.6. The molecule has 0 rings (SSSR count). The molecule has 0 aromatic rings. The van der Waals surface area contributed by atoms with Crippen LogP contribution in [0.4, 0.5) is 4.79 Å². The maximum atomic E-state index is 10.7. The van der Waals surface area contributed by atoms with Crippen LogP contribution in [-0.2, 0) is 4.79 Å². The molecule has 0 aliphatic carbocycles. The van der Waals surface area contributed by atoms with Crippen molar-refractivity contribution in [2.45, 2.75) is 27.2 Å². The molecule has 0 heterocycles. The summed E-state index contributed by atoms with van der Waals surface area (Å²) in [7, 11) is 10.3. The van der Waals surface area contributed by atoms with Gasteiger partial charge in [0.25, 0.3) is 0 Å². The van der Waals surface area contributed by atoms with E-state index in [2.05, 4.69) is 13.8 Å². The molecule has 104 valence electrons. The van der Waals surface area contributed by atoms with Crippen LogP contribution in [0, 0.1) is 0 Å². The molecule has 0 unspecified atom stereocenters. The topological polar surface area (TPSA) is 43.9 Å². The van der Waals surface area contributed by atoms with E-state index in [1.807, 2.05) is 0 Å². The predicted octanol–water partition coefficient (Wildman–Crippen LogP) is 1.74. The van der Waals surface area contributed by atoms with Gasteiger partial charge in [-0.1, -0.05) is 20.3 Å². The summed E-state index contributed by atoms with van der Waals surface area (Å²) < 4.78 is 0. The van der Waals surface area contributed by atoms with Crippen LogP contribution < -0.4 is 0 Å². The smallest absolute Gasteiger partial charge is 0.318 e. The highest BCUT2D eigenvalue weighted by atomic mass is 16.2. The van der Waals surface area contributed by atoms with Crippen molar-refractivity contribution in [3.05, 3.63) is 0 Å². The van der Waals surface area contributed by atoms with E-state index in [9.17, 15) is 9.59 Å². The van der Waals surface area contributed by atoms with E-state index in [0.29, 0.717) is 0 Å². The highest BCUT2D eigenvalue weighted by molar-refractivity contribution is 5.73. The lowest BCUT2D eigenvalue weighted by Gasteiger charge is -2.16. The molecule has 0 aromatic heterocycles. The van der Waals surface area contributed by atoms with Gasteiger partial charge in [-0.05, 0) is 0 Å². The summed E-state index contributed by atoms with van der Waals surface area (Å²) in [6.45, 7) is 5.78. The molecule has 0 aromatic carbocycles. The molecule has 0 saturated carbocycles. The van der Waals surface area contributed by atoms with Crippen molar-refractivity contribution in [2.75, 3.05) is 42.3 Å². The van der Waals surface area contributed by atoms with Crippen molar-refractivity contribution in [1.82, 2.24) is 14.7 Å². The van der Waals surface area contributed by atoms with Crippen LogP contribution >= 0.6 is 0 Å². The van der Waals surface area contributed by atoms with Crippen molar-refractivity contribution in [2.24, 2.45) is 0 Å². The SMILES string of the molecule is CC(=O)N(C)C.CCC.CN(C)C(=O)N(C)C. The van der Waals surface area contributed by atoms with Gasteiger partial charge in [0.2, 0.25) is 5.91 Å². The van der Waals surface area contributed by atoms with E-state index in [4.69, 9.17) is 0 Å². The number of rotatable bonds is 0. The third-order valence-corrected chi connectivity index (χ3v) is 1.39. The fourth-order valence-corrected chi connectivity index (χ4v) is 0.400. The van der Waals surface area contributed by atoms with Gasteiger partial charge in [0.15, 0.2) is 0 Å². The van der Waals surface area contributed by atoms with E-state index in [1.165, 1.54) is 28.0 Å². The van der Waals surface area contributed by atoms with Gasteiger partial charge >= 0.3 is 6.03 Å². The van der Waals surface area contributed by atoms with Crippen LogP contribution in [0.2, 0.25) is 0 Å². The molecule has 17 heavy (non-hydrogen) atoms. The number of carbonyl (C=O) groups excluding carboxylic acids is 2. The Morgan fingerprint density at radius 1 is 0.765 bits per heavy atom. The summed E-state index contributed by atoms with van der Waals surface area (Å²) in [5.74, 6) is 0.0926. The fourth-order valence-electron chi connectivity index (χ4n) is 0.400. The summed E-state index contributed by atoms with van der Waals surface area (Å²) in [6, 6.07) is 0.0185. The Bertz CT molecular complexity index is 192. The van der Waals surface area contributed by atoms with Crippen LogP contribution in [0.3, 0.4) is 0 Å². The maximum Gasteiger partial charge on any atom is 0.318 e. The number of urea groups is 1. The summed E-state index contributed by atoms with van der Waals surface area (Å²) >= 11 is 0. The third kappa shape index (κ3) is 20.7. The zero-order chi connectivity index (χ0) is 14.6. The standard InChI is InChI=1S/C5H12N2O.C4H9NO.C3H8/c1-6(2)5(8)7(3)4;1-4(6)5(2)3;1-3-2/h1-4H3;1-3H3;3H2,1-2H3. The quantitative estimate of drug-likeness (QED) is 0.654. The Balaban J connectivity index is -0.000000193. The molecule has 0 spiro atoms. The molecular weight excluding hydrogens is 218 g/mol. The molecule has 0 aliphatic heterocycles. The van der Waals surface area contributed by atoms with E-state index in [-0.39, 0.29) is 11.9 Å². The molecule has 5 nitrogen and oxygen atoms in total. The molecular formula is C12H29N3O2. The fraction of sp³-hybridized carbons (Fsp3) is 0.833. The monoisotopic (exact) mass is 247 g/mol. The zero-order valence-corrected chi connectivity index (χ0v) is 12.9. The van der Waals surface area contributed by atoms with Gasteiger partial charge < -0.3 is 14.7 Å². The van der Waals surface area contributed by atoms with Gasteiger partial charge in [0, 0.05) is 49.2 Å². The number of carbonyl (C=O) groups is 2. The Hall–Kier alpha value is -1.26. The van der Waals surface area contributed by atoms with E-state index < -0.39 is 0 Å². The highest BCUT2D eigenvalue weighted by Gasteiger charge is 2.02. The Labute approximate surface area is 106 Å². The van der Waals surface area contributed by atoms with Crippen LogP contribution in [0.25, 0.3) is 0 Å². The van der Waals surface area contributed by atoms with Gasteiger partial charge in [-0.3, -0.25) is 4.79 Å². The van der Waals surface area contributed by atoms with Crippen molar-refractivity contribution in [3.8, 4) is 0 Å². The lowest BCUT2D eigenvalue weighted by Crippen LogP contribution is -2.33. The van der Waals surface area contributed by atoms with Gasteiger partial charge in [-0.2, -0.15) is 0 Å². The van der Waals surface area contributed by atoms with Crippen molar-refractivity contribution in [1.29, 1.82) is 0 Å². The maximum absolute atomic E-state index is 10.7. The molecule has 5 heteroatoms. The second kappa shape index (κ2) is 12.8. The normalized spacial score (nSPS) is 7.82. The van der Waals surface area contributed by atoms with Gasteiger partial charge in [0.05, 0.1) is 0 Å². The van der Waals surface area contributed by atoms with Crippen molar-refractivity contribution < 1.29 is 9.59 Å². The van der Waals surface area contributed by atoms with Crippen molar-refractivity contribution in [3.63, 3.8) is 0 Å². The Kier molecular flexibility index (Phi) is 15.9. The largest absolute Gasteiger partial charge is 0.349 e. The average molecular weight is 247 g/mol. The minimum Gasteiger partial charge on any atom is -0.349 e. The van der Waals surface area contributed by atoms with Gasteiger partial charge in [0.1, 0.15) is 0 Å². The number of hydrogen-bond acceptors (Lipinski definition) is 2. The summed E-state index contributed by atoms with van der Waals surface area (Å²) in [6.07, 6.45) is 1.25. The minimum absolute atomic E-state index is 0.0185. The Morgan fingerprint density at radius 3 is 0.941 bits per heavy atom. The first-order chi connectivity index (χ1) is 7.61. The molecule has 0 saturated heterocycles. The average Bonchev–Trinajstić information content (AvgIpc) is 2.18. The molecule has 0 atom stereocenters. The number of nitrogens with zero attached hydrogens (tertiary/aromatic N) is 3. The van der Waals surface area contributed by atoms with Crippen LogP contribution in [0.5, 0.6) is 0 Å². The van der Waals surface area contributed by atoms with Crippen LogP contribution in [0.1, 0.15) is 27.2 Å². The lowest BCUT2D eigenvalue weighted by molar-refractivity contribution is -0.126. The molecule has 0 bridgehead atoms. The van der Waals surface area contributed by atoms with Gasteiger partial charge in [-0.15, -0.1) is 0 Å². The second-order valence-corrected chi connectivity index (χ2v) is 4.19. The van der Waals surface area contributed by atoms with E-state index in [1.54, 1.807) is 42.3 Å². The first kappa shape index (κ1) is 21.1. The molecule has 0 N–H and O–H groups in total. The van der Waals surface area contributed by atoms with Crippen LogP contribution in [-0.4, -0.2) is 68.9 Å². The van der Waals surface area contributed by atoms with Crippen molar-refractivity contribution >= 4 is 11.9 Å². The summed E-state index contributed by atoms with van der Waals surface area (Å²) in [5.41, 5.74) is 0. The molecule has 3 amide bonds. The number of amides is 3. The second-order valence-electron chi connectivity index (χ2n) is 4.19. The van der Waals surface area contributed by atoms with Gasteiger partial charge in [-0.25, -0.2) is 4.79 Å². The molecule has 0 fully saturated rings. The third-order valence-electron chi connectivity index (χ3n) is 1.39. The van der Waals surface area contributed by atoms with E-state index in [0.717, 1.165) is 0 Å². The highest BCUT2D eigenvalue weighted by Crippen LogP contribution is 1.83. The first-order valence-corrected chi connectivity index (χ1v) is 5.68. The number of hydrogen-bond donors (Lipinski definition) is 0.